The fraction of sp³-hybridized carbons (Fsp3) is 0.880. The van der Waals surface area contributed by atoms with Gasteiger partial charge in [-0.05, 0) is 81.5 Å². The first kappa shape index (κ1) is 20.0. The molecule has 2 fully saturated rings. The first-order valence-corrected chi connectivity index (χ1v) is 11.8. The number of rotatable bonds is 6. The molecule has 0 N–H and O–H groups in total. The Balaban J connectivity index is 1.52. The highest BCUT2D eigenvalue weighted by atomic mass is 14.5. The zero-order chi connectivity index (χ0) is 18.4. The van der Waals surface area contributed by atoms with Gasteiger partial charge in [-0.3, -0.25) is 0 Å². The van der Waals surface area contributed by atoms with Crippen LogP contribution in [0.2, 0.25) is 0 Å². The van der Waals surface area contributed by atoms with Gasteiger partial charge in [0, 0.05) is 0 Å². The first-order valence-electron chi connectivity index (χ1n) is 11.8. The predicted molar refractivity (Wildman–Crippen MR) is 111 cm³/mol. The molecule has 146 valence electrons. The van der Waals surface area contributed by atoms with Crippen LogP contribution < -0.4 is 0 Å². The van der Waals surface area contributed by atoms with E-state index in [1.54, 1.807) is 0 Å². The van der Waals surface area contributed by atoms with E-state index in [1.807, 2.05) is 0 Å². The molecule has 0 aromatic carbocycles. The average molecular weight is 356 g/mol. The van der Waals surface area contributed by atoms with Crippen molar-refractivity contribution >= 4 is 0 Å². The van der Waals surface area contributed by atoms with Crippen LogP contribution in [0.15, 0.2) is 11.6 Å². The highest BCUT2D eigenvalue weighted by Crippen LogP contribution is 2.51. The van der Waals surface area contributed by atoms with Crippen molar-refractivity contribution in [3.8, 4) is 6.07 Å². The lowest BCUT2D eigenvalue weighted by molar-refractivity contribution is 0.131. The van der Waals surface area contributed by atoms with Gasteiger partial charge in [-0.15, -0.1) is 0 Å². The zero-order valence-corrected chi connectivity index (χ0v) is 17.4. The van der Waals surface area contributed by atoms with Crippen molar-refractivity contribution in [2.24, 2.45) is 29.1 Å². The summed E-state index contributed by atoms with van der Waals surface area (Å²) in [6, 6.07) is 2.81. The van der Waals surface area contributed by atoms with Crippen LogP contribution in [0.5, 0.6) is 0 Å². The van der Waals surface area contributed by atoms with E-state index in [0.29, 0.717) is 0 Å². The zero-order valence-electron chi connectivity index (χ0n) is 17.4. The van der Waals surface area contributed by atoms with Crippen LogP contribution in [0.4, 0.5) is 0 Å². The van der Waals surface area contributed by atoms with Crippen LogP contribution in [-0.2, 0) is 0 Å². The molecule has 26 heavy (non-hydrogen) atoms. The lowest BCUT2D eigenvalue weighted by atomic mass is 9.61. The first-order chi connectivity index (χ1) is 12.7. The minimum atomic E-state index is -0.0902. The Morgan fingerprint density at radius 3 is 2.04 bits per heavy atom. The standard InChI is InChI=1S/C25H41N/c1-3-5-20-7-11-22(12-8-20)23-15-17-25(19-26,18-16-23)24-13-9-21(6-4-2)10-14-24/h13,20-23H,3-12,14-18H2,1-2H3/t20?,21-,22?,23?,25?/m0/s1. The van der Waals surface area contributed by atoms with Gasteiger partial charge >= 0.3 is 0 Å². The molecule has 0 radical (unpaired) electrons. The lowest BCUT2D eigenvalue weighted by Crippen LogP contribution is -2.33. The molecule has 0 spiro atoms. The van der Waals surface area contributed by atoms with Crippen molar-refractivity contribution in [1.82, 2.24) is 0 Å². The van der Waals surface area contributed by atoms with Crippen LogP contribution in [-0.4, -0.2) is 0 Å². The van der Waals surface area contributed by atoms with Crippen molar-refractivity contribution in [1.29, 1.82) is 5.26 Å². The number of hydrogen-bond acceptors (Lipinski definition) is 1. The van der Waals surface area contributed by atoms with Crippen molar-refractivity contribution in [2.45, 2.75) is 110 Å². The third-order valence-corrected chi connectivity index (χ3v) is 8.18. The van der Waals surface area contributed by atoms with Crippen LogP contribution >= 0.6 is 0 Å². The Morgan fingerprint density at radius 1 is 0.885 bits per heavy atom. The number of hydrogen-bond donors (Lipinski definition) is 0. The van der Waals surface area contributed by atoms with Crippen LogP contribution in [0.1, 0.15) is 110 Å². The molecule has 2 saturated carbocycles. The maximum atomic E-state index is 10.1. The van der Waals surface area contributed by atoms with Gasteiger partial charge in [0.05, 0.1) is 11.5 Å². The van der Waals surface area contributed by atoms with E-state index in [9.17, 15) is 5.26 Å². The van der Waals surface area contributed by atoms with E-state index in [1.165, 1.54) is 89.0 Å². The molecular weight excluding hydrogens is 314 g/mol. The fourth-order valence-electron chi connectivity index (χ4n) is 6.46. The molecule has 0 aromatic heterocycles. The molecule has 0 aromatic rings. The van der Waals surface area contributed by atoms with Gasteiger partial charge in [-0.2, -0.15) is 5.26 Å². The summed E-state index contributed by atoms with van der Waals surface area (Å²) in [7, 11) is 0. The summed E-state index contributed by atoms with van der Waals surface area (Å²) < 4.78 is 0. The summed E-state index contributed by atoms with van der Waals surface area (Å²) in [6.45, 7) is 4.63. The van der Waals surface area contributed by atoms with Crippen LogP contribution in [0, 0.1) is 40.4 Å². The average Bonchev–Trinajstić information content (AvgIpc) is 2.70. The summed E-state index contributed by atoms with van der Waals surface area (Å²) in [5.74, 6) is 3.78. The Labute approximate surface area is 162 Å². The SMILES string of the molecule is CCCC1CCC(C2CCC(C#N)(C3=CC[C@H](CCC)CC3)CC2)CC1. The van der Waals surface area contributed by atoms with Crippen molar-refractivity contribution in [3.63, 3.8) is 0 Å². The Bertz CT molecular complexity index is 495. The second-order valence-electron chi connectivity index (χ2n) is 9.76. The summed E-state index contributed by atoms with van der Waals surface area (Å²) in [4.78, 5) is 0. The molecule has 1 atom stereocenters. The molecule has 0 bridgehead atoms. The molecule has 0 amide bonds. The van der Waals surface area contributed by atoms with Crippen molar-refractivity contribution < 1.29 is 0 Å². The van der Waals surface area contributed by atoms with Gasteiger partial charge in [-0.1, -0.05) is 64.0 Å². The highest BCUT2D eigenvalue weighted by Gasteiger charge is 2.41. The number of nitriles is 1. The third kappa shape index (κ3) is 4.55. The van der Waals surface area contributed by atoms with E-state index in [4.69, 9.17) is 0 Å². The summed E-state index contributed by atoms with van der Waals surface area (Å²) in [5, 5.41) is 10.1. The molecule has 0 unspecified atom stereocenters. The maximum Gasteiger partial charge on any atom is 0.0782 e. The second-order valence-corrected chi connectivity index (χ2v) is 9.76. The minimum Gasteiger partial charge on any atom is -0.197 e. The van der Waals surface area contributed by atoms with Crippen molar-refractivity contribution in [3.05, 3.63) is 11.6 Å². The molecule has 3 aliphatic carbocycles. The number of nitrogens with zero attached hydrogens (tertiary/aromatic N) is 1. The third-order valence-electron chi connectivity index (χ3n) is 8.18. The van der Waals surface area contributed by atoms with Crippen LogP contribution in [0.25, 0.3) is 0 Å². The molecule has 0 aliphatic heterocycles. The van der Waals surface area contributed by atoms with E-state index in [0.717, 1.165) is 36.5 Å². The largest absolute Gasteiger partial charge is 0.197 e. The fourth-order valence-corrected chi connectivity index (χ4v) is 6.46. The quantitative estimate of drug-likeness (QED) is 0.445. The normalized spacial score (nSPS) is 38.4. The maximum absolute atomic E-state index is 10.1. The minimum absolute atomic E-state index is 0.0902. The molecule has 3 rings (SSSR count). The van der Waals surface area contributed by atoms with E-state index in [2.05, 4.69) is 26.0 Å². The van der Waals surface area contributed by atoms with E-state index >= 15 is 0 Å². The van der Waals surface area contributed by atoms with E-state index < -0.39 is 0 Å². The Kier molecular flexibility index (Phi) is 7.25. The van der Waals surface area contributed by atoms with Gasteiger partial charge in [0.2, 0.25) is 0 Å². The summed E-state index contributed by atoms with van der Waals surface area (Å²) >= 11 is 0. The molecule has 3 aliphatic rings. The Morgan fingerprint density at radius 2 is 1.50 bits per heavy atom. The molecule has 1 nitrogen and oxygen atoms in total. The number of allylic oxidation sites excluding steroid dienone is 2. The molecule has 0 saturated heterocycles. The van der Waals surface area contributed by atoms with Gasteiger partial charge < -0.3 is 0 Å². The Hall–Kier alpha value is -0.770. The molecule has 1 heteroatoms. The van der Waals surface area contributed by atoms with Gasteiger partial charge in [0.25, 0.3) is 0 Å². The highest BCUT2D eigenvalue weighted by molar-refractivity contribution is 5.26. The topological polar surface area (TPSA) is 23.8 Å². The van der Waals surface area contributed by atoms with Crippen molar-refractivity contribution in [2.75, 3.05) is 0 Å². The summed E-state index contributed by atoms with van der Waals surface area (Å²) in [6.07, 6.45) is 22.5. The summed E-state index contributed by atoms with van der Waals surface area (Å²) in [5.41, 5.74) is 1.44. The lowest BCUT2D eigenvalue weighted by Gasteiger charge is -2.42. The van der Waals surface area contributed by atoms with Gasteiger partial charge in [0.15, 0.2) is 0 Å². The smallest absolute Gasteiger partial charge is 0.0782 e. The predicted octanol–water partition coefficient (Wildman–Crippen LogP) is 7.82. The van der Waals surface area contributed by atoms with E-state index in [-0.39, 0.29) is 5.41 Å². The van der Waals surface area contributed by atoms with Gasteiger partial charge in [-0.25, -0.2) is 0 Å². The monoisotopic (exact) mass is 355 g/mol. The molecular formula is C25H41N. The molecule has 0 heterocycles. The second kappa shape index (κ2) is 9.43. The van der Waals surface area contributed by atoms with Gasteiger partial charge in [0.1, 0.15) is 0 Å². The van der Waals surface area contributed by atoms with Crippen LogP contribution in [0.3, 0.4) is 0 Å².